The Kier molecular flexibility index (Phi) is 8.58. The van der Waals surface area contributed by atoms with E-state index in [9.17, 15) is 9.59 Å². The lowest BCUT2D eigenvalue weighted by Crippen LogP contribution is -2.15. The molecule has 0 saturated heterocycles. The first-order chi connectivity index (χ1) is 15.4. The Morgan fingerprint density at radius 3 is 2.56 bits per heavy atom. The van der Waals surface area contributed by atoms with Crippen LogP contribution in [0, 0.1) is 6.92 Å². The van der Waals surface area contributed by atoms with Crippen molar-refractivity contribution in [1.82, 2.24) is 0 Å². The van der Waals surface area contributed by atoms with Gasteiger partial charge in [0.05, 0.1) is 16.8 Å². The van der Waals surface area contributed by atoms with E-state index in [0.717, 1.165) is 21.9 Å². The number of halogens is 1. The lowest BCUT2D eigenvalue weighted by molar-refractivity contribution is -0.145. The molecule has 0 saturated carbocycles. The van der Waals surface area contributed by atoms with E-state index < -0.39 is 5.97 Å². The van der Waals surface area contributed by atoms with Crippen LogP contribution in [0.2, 0.25) is 0 Å². The molecule has 2 aromatic carbocycles. The van der Waals surface area contributed by atoms with E-state index in [1.165, 1.54) is 6.92 Å². The minimum absolute atomic E-state index is 0.0367. The number of thioether (sulfide) groups is 1. The van der Waals surface area contributed by atoms with Gasteiger partial charge in [-0.25, -0.2) is 4.79 Å². The number of esters is 1. The molecule has 0 fully saturated rings. The Morgan fingerprint density at radius 1 is 1.16 bits per heavy atom. The van der Waals surface area contributed by atoms with Crippen LogP contribution in [0.1, 0.15) is 31.0 Å². The fourth-order valence-corrected chi connectivity index (χ4v) is 5.04. The summed E-state index contributed by atoms with van der Waals surface area (Å²) in [5.74, 6) is 0.816. The minimum Gasteiger partial charge on any atom is -0.487 e. The molecule has 170 valence electrons. The standard InChI is InChI=1S/C23H25BrN2O5S/c1-4-29-21(28)13-31-19-10-9-18(11-14(19)2)30-12-20-26-22(23(24)32-20)16-5-7-17(8-6-16)25-15(3)27/h5-11,22-23H,4,12-13H2,1-3H3,(H,25,27). The van der Waals surface area contributed by atoms with Crippen LogP contribution in [-0.2, 0) is 14.3 Å². The third-order valence-corrected chi connectivity index (χ3v) is 6.55. The van der Waals surface area contributed by atoms with E-state index in [-0.39, 0.29) is 22.7 Å². The Labute approximate surface area is 200 Å². The zero-order valence-corrected chi connectivity index (χ0v) is 20.5. The number of hydrogen-bond acceptors (Lipinski definition) is 7. The van der Waals surface area contributed by atoms with E-state index >= 15 is 0 Å². The summed E-state index contributed by atoms with van der Waals surface area (Å²) in [6, 6.07) is 13.1. The number of carbonyl (C=O) groups excluding carboxylic acids is 2. The lowest BCUT2D eigenvalue weighted by Gasteiger charge is -2.12. The Bertz CT molecular complexity index is 996. The normalized spacial score (nSPS) is 17.4. The second kappa shape index (κ2) is 11.4. The van der Waals surface area contributed by atoms with Gasteiger partial charge in [0.1, 0.15) is 23.1 Å². The van der Waals surface area contributed by atoms with Crippen LogP contribution in [0.15, 0.2) is 47.5 Å². The van der Waals surface area contributed by atoms with Crippen LogP contribution in [0.4, 0.5) is 5.69 Å². The zero-order chi connectivity index (χ0) is 23.1. The molecule has 1 aliphatic heterocycles. The second-order valence-electron chi connectivity index (χ2n) is 7.05. The summed E-state index contributed by atoms with van der Waals surface area (Å²) in [7, 11) is 0. The SMILES string of the molecule is CCOC(=O)COc1ccc(OCC2=NC(c3ccc(NC(C)=O)cc3)C(Br)S2)cc1C. The molecule has 2 unspecified atom stereocenters. The lowest BCUT2D eigenvalue weighted by atomic mass is 10.1. The smallest absolute Gasteiger partial charge is 0.344 e. The first-order valence-corrected chi connectivity index (χ1v) is 11.9. The number of benzene rings is 2. The monoisotopic (exact) mass is 520 g/mol. The fraction of sp³-hybridized carbons (Fsp3) is 0.348. The van der Waals surface area contributed by atoms with Crippen molar-refractivity contribution in [2.75, 3.05) is 25.1 Å². The second-order valence-corrected chi connectivity index (χ2v) is 9.86. The molecule has 0 spiro atoms. The molecule has 0 aliphatic carbocycles. The summed E-state index contributed by atoms with van der Waals surface area (Å²) in [4.78, 5) is 27.4. The van der Waals surface area contributed by atoms with Gasteiger partial charge >= 0.3 is 5.97 Å². The summed E-state index contributed by atoms with van der Waals surface area (Å²) < 4.78 is 16.4. The number of anilines is 1. The Hall–Kier alpha value is -2.52. The fourth-order valence-electron chi connectivity index (χ4n) is 3.06. The molecule has 3 rings (SSSR count). The number of amides is 1. The molecule has 9 heteroatoms. The molecule has 0 bridgehead atoms. The van der Waals surface area contributed by atoms with E-state index in [0.29, 0.717) is 24.7 Å². The summed E-state index contributed by atoms with van der Waals surface area (Å²) >= 11 is 5.32. The van der Waals surface area contributed by atoms with E-state index in [1.807, 2.05) is 37.3 Å². The van der Waals surface area contributed by atoms with Crippen molar-refractivity contribution < 1.29 is 23.8 Å². The number of carbonyl (C=O) groups is 2. The third kappa shape index (κ3) is 6.74. The van der Waals surface area contributed by atoms with Gasteiger partial charge in [0, 0.05) is 12.6 Å². The number of ether oxygens (including phenoxy) is 3. The highest BCUT2D eigenvalue weighted by Crippen LogP contribution is 2.41. The van der Waals surface area contributed by atoms with Crippen molar-refractivity contribution >= 4 is 50.3 Å². The van der Waals surface area contributed by atoms with Crippen LogP contribution >= 0.6 is 27.7 Å². The number of nitrogens with zero attached hydrogens (tertiary/aromatic N) is 1. The number of aryl methyl sites for hydroxylation is 1. The van der Waals surface area contributed by atoms with Gasteiger partial charge in [-0.15, -0.1) is 0 Å². The highest BCUT2D eigenvalue weighted by atomic mass is 79.9. The molecule has 2 aromatic rings. The largest absolute Gasteiger partial charge is 0.487 e. The van der Waals surface area contributed by atoms with Gasteiger partial charge in [-0.2, -0.15) is 0 Å². The average molecular weight is 521 g/mol. The summed E-state index contributed by atoms with van der Waals surface area (Å²) in [5, 5.41) is 3.66. The molecule has 32 heavy (non-hydrogen) atoms. The van der Waals surface area contributed by atoms with E-state index in [2.05, 4.69) is 21.2 Å². The van der Waals surface area contributed by atoms with Gasteiger partial charge in [-0.1, -0.05) is 39.8 Å². The molecular weight excluding hydrogens is 496 g/mol. The van der Waals surface area contributed by atoms with Crippen molar-refractivity contribution in [2.45, 2.75) is 31.0 Å². The van der Waals surface area contributed by atoms with E-state index in [1.54, 1.807) is 30.8 Å². The molecule has 1 N–H and O–H groups in total. The van der Waals surface area contributed by atoms with Gasteiger partial charge in [0.2, 0.25) is 5.91 Å². The molecule has 0 aromatic heterocycles. The predicted octanol–water partition coefficient (Wildman–Crippen LogP) is 4.88. The molecule has 7 nitrogen and oxygen atoms in total. The molecular formula is C23H25BrN2O5S. The Morgan fingerprint density at radius 2 is 1.91 bits per heavy atom. The minimum atomic E-state index is -0.396. The topological polar surface area (TPSA) is 86.2 Å². The van der Waals surface area contributed by atoms with Crippen molar-refractivity contribution in [1.29, 1.82) is 0 Å². The van der Waals surface area contributed by atoms with Crippen molar-refractivity contribution in [3.8, 4) is 11.5 Å². The summed E-state index contributed by atoms with van der Waals surface area (Å²) in [5.41, 5.74) is 2.68. The maximum Gasteiger partial charge on any atom is 0.344 e. The first kappa shape index (κ1) is 24.1. The average Bonchev–Trinajstić information content (AvgIpc) is 3.12. The number of nitrogens with one attached hydrogen (secondary N) is 1. The number of aliphatic imine (C=N–C) groups is 1. The van der Waals surface area contributed by atoms with Crippen LogP contribution in [-0.4, -0.2) is 40.9 Å². The van der Waals surface area contributed by atoms with Crippen LogP contribution in [0.3, 0.4) is 0 Å². The predicted molar refractivity (Wildman–Crippen MR) is 130 cm³/mol. The molecule has 1 heterocycles. The molecule has 1 aliphatic rings. The van der Waals surface area contributed by atoms with Gasteiger partial charge < -0.3 is 19.5 Å². The van der Waals surface area contributed by atoms with Crippen LogP contribution < -0.4 is 14.8 Å². The highest BCUT2D eigenvalue weighted by molar-refractivity contribution is 9.11. The number of alkyl halides is 1. The molecule has 2 atom stereocenters. The maximum atomic E-state index is 11.5. The van der Waals surface area contributed by atoms with Gasteiger partial charge in [0.25, 0.3) is 0 Å². The Balaban J connectivity index is 1.56. The van der Waals surface area contributed by atoms with Crippen molar-refractivity contribution in [3.63, 3.8) is 0 Å². The summed E-state index contributed by atoms with van der Waals surface area (Å²) in [6.07, 6.45) is 0. The number of hydrogen-bond donors (Lipinski definition) is 1. The van der Waals surface area contributed by atoms with Gasteiger partial charge in [-0.05, 0) is 55.3 Å². The first-order valence-electron chi connectivity index (χ1n) is 10.1. The molecule has 0 radical (unpaired) electrons. The van der Waals surface area contributed by atoms with Crippen molar-refractivity contribution in [2.24, 2.45) is 4.99 Å². The van der Waals surface area contributed by atoms with Crippen molar-refractivity contribution in [3.05, 3.63) is 53.6 Å². The molecule has 1 amide bonds. The highest BCUT2D eigenvalue weighted by Gasteiger charge is 2.29. The number of rotatable bonds is 9. The van der Waals surface area contributed by atoms with Gasteiger partial charge in [0.15, 0.2) is 6.61 Å². The zero-order valence-electron chi connectivity index (χ0n) is 18.1. The summed E-state index contributed by atoms with van der Waals surface area (Å²) in [6.45, 7) is 5.70. The quantitative estimate of drug-likeness (QED) is 0.374. The van der Waals surface area contributed by atoms with Crippen LogP contribution in [0.25, 0.3) is 0 Å². The third-order valence-electron chi connectivity index (χ3n) is 4.51. The maximum absolute atomic E-state index is 11.5. The van der Waals surface area contributed by atoms with Gasteiger partial charge in [-0.3, -0.25) is 9.79 Å². The van der Waals surface area contributed by atoms with Crippen LogP contribution in [0.5, 0.6) is 11.5 Å². The van der Waals surface area contributed by atoms with E-state index in [4.69, 9.17) is 19.2 Å².